The summed E-state index contributed by atoms with van der Waals surface area (Å²) in [4.78, 5) is 49.4. The average Bonchev–Trinajstić information content (AvgIpc) is 2.82. The molecule has 2 aromatic carbocycles. The van der Waals surface area contributed by atoms with Crippen LogP contribution < -0.4 is 21.9 Å². The molecule has 174 valence electrons. The molecule has 0 aliphatic carbocycles. The molecule has 0 aliphatic heterocycles. The Morgan fingerprint density at radius 2 is 1.48 bits per heavy atom. The molecule has 0 atom stereocenters. The number of hydrazine groups is 2. The number of carbonyl (C=O) groups is 4. The number of hydrogen-bond donors (Lipinski definition) is 4. The van der Waals surface area contributed by atoms with Crippen LogP contribution in [0.1, 0.15) is 36.2 Å². The minimum Gasteiger partial charge on any atom is -0.337 e. The average molecular weight is 453 g/mol. The second-order valence-electron chi connectivity index (χ2n) is 7.02. The Morgan fingerprint density at radius 1 is 0.909 bits per heavy atom. The maximum absolute atomic E-state index is 13.0. The zero-order chi connectivity index (χ0) is 24.2. The number of ketones is 1. The van der Waals surface area contributed by atoms with Crippen LogP contribution in [-0.4, -0.2) is 46.9 Å². The molecule has 0 bridgehead atoms. The van der Waals surface area contributed by atoms with Crippen molar-refractivity contribution in [1.29, 1.82) is 0 Å². The third-order valence-corrected chi connectivity index (χ3v) is 4.29. The van der Waals surface area contributed by atoms with Gasteiger partial charge in [0.05, 0.1) is 11.9 Å². The smallest absolute Gasteiger partial charge is 0.337 e. The zero-order valence-electron chi connectivity index (χ0n) is 18.6. The number of nitrogens with zero attached hydrogens (tertiary/aromatic N) is 2. The summed E-state index contributed by atoms with van der Waals surface area (Å²) in [5.41, 5.74) is 3.49. The van der Waals surface area contributed by atoms with Crippen molar-refractivity contribution >= 4 is 29.4 Å². The first kappa shape index (κ1) is 25.1. The molecule has 0 aromatic heterocycles. The van der Waals surface area contributed by atoms with Gasteiger partial charge in [0.2, 0.25) is 5.91 Å². The summed E-state index contributed by atoms with van der Waals surface area (Å²) in [5.74, 6) is 4.94. The fourth-order valence-electron chi connectivity index (χ4n) is 2.71. The fraction of sp³-hybridized carbons (Fsp3) is 0.217. The van der Waals surface area contributed by atoms with Crippen LogP contribution in [-0.2, 0) is 4.79 Å². The number of carbonyl (C=O) groups excluding carboxylic acids is 4. The number of benzene rings is 2. The second kappa shape index (κ2) is 12.6. The number of hydrogen-bond acceptors (Lipinski definition) is 5. The first-order valence-corrected chi connectivity index (χ1v) is 10.3. The highest BCUT2D eigenvalue weighted by molar-refractivity contribution is 6.00. The fourth-order valence-corrected chi connectivity index (χ4v) is 2.71. The quantitative estimate of drug-likeness (QED) is 0.211. The van der Waals surface area contributed by atoms with Crippen LogP contribution in [0.5, 0.6) is 0 Å². The number of Topliss-reactive ketones (excluding diaryl/α,β-unsaturated/α-hetero) is 1. The summed E-state index contributed by atoms with van der Waals surface area (Å²) < 4.78 is 0. The van der Waals surface area contributed by atoms with E-state index in [1.165, 1.54) is 13.1 Å². The highest BCUT2D eigenvalue weighted by atomic mass is 16.2. The number of urea groups is 2. The van der Waals surface area contributed by atoms with Crippen LogP contribution in [0.25, 0.3) is 5.70 Å². The monoisotopic (exact) mass is 452 g/mol. The first-order chi connectivity index (χ1) is 15.8. The van der Waals surface area contributed by atoms with Gasteiger partial charge in [0, 0.05) is 19.0 Å². The molecule has 0 aliphatic rings. The molecule has 0 saturated carbocycles. The van der Waals surface area contributed by atoms with Gasteiger partial charge in [0.25, 0.3) is 0 Å². The molecular weight excluding hydrogens is 424 g/mol. The molecule has 0 fully saturated rings. The van der Waals surface area contributed by atoms with Crippen molar-refractivity contribution in [3.63, 3.8) is 0 Å². The molecule has 10 nitrogen and oxygen atoms in total. The molecule has 0 unspecified atom stereocenters. The van der Waals surface area contributed by atoms with E-state index in [1.54, 1.807) is 60.7 Å². The van der Waals surface area contributed by atoms with Crippen LogP contribution in [0.15, 0.2) is 66.9 Å². The third kappa shape index (κ3) is 8.11. The van der Waals surface area contributed by atoms with Gasteiger partial charge < -0.3 is 10.6 Å². The predicted molar refractivity (Wildman–Crippen MR) is 124 cm³/mol. The highest BCUT2D eigenvalue weighted by Crippen LogP contribution is 2.12. The van der Waals surface area contributed by atoms with E-state index in [4.69, 9.17) is 5.84 Å². The Hall–Kier alpha value is -4.18. The number of nitrogens with one attached hydrogen (secondary N) is 3. The van der Waals surface area contributed by atoms with Crippen LogP contribution in [0.4, 0.5) is 9.59 Å². The second-order valence-corrected chi connectivity index (χ2v) is 7.02. The van der Waals surface area contributed by atoms with Crippen molar-refractivity contribution in [3.8, 4) is 0 Å². The Bertz CT molecular complexity index is 995. The molecule has 2 aromatic rings. The zero-order valence-corrected chi connectivity index (χ0v) is 18.6. The van der Waals surface area contributed by atoms with Gasteiger partial charge in [0.15, 0.2) is 5.78 Å². The molecule has 0 radical (unpaired) electrons. The summed E-state index contributed by atoms with van der Waals surface area (Å²) in [5, 5.41) is 6.93. The van der Waals surface area contributed by atoms with Gasteiger partial charge in [-0.15, -0.1) is 0 Å². The maximum Gasteiger partial charge on any atom is 0.341 e. The Morgan fingerprint density at radius 3 is 2.03 bits per heavy atom. The standard InChI is InChI=1S/C23H28N6O4/c1-3-14-25-22(32)28(24)15-20(18-10-6-4-7-11-18)26-23(33)29(27-17(2)30)16-21(31)19-12-8-5-9-13-19/h4-13,15H,3,14,16,24H2,1-2H3,(H,25,32)(H,26,33)(H,27,30)/b20-15+. The van der Waals surface area contributed by atoms with E-state index in [-0.39, 0.29) is 11.5 Å². The number of amides is 5. The Kier molecular flexibility index (Phi) is 9.59. The lowest BCUT2D eigenvalue weighted by molar-refractivity contribution is -0.122. The van der Waals surface area contributed by atoms with Gasteiger partial charge in [-0.05, 0) is 12.0 Å². The van der Waals surface area contributed by atoms with Crippen LogP contribution in [0.3, 0.4) is 0 Å². The number of rotatable bonds is 8. The molecule has 33 heavy (non-hydrogen) atoms. The van der Waals surface area contributed by atoms with Crippen molar-refractivity contribution in [2.75, 3.05) is 13.1 Å². The van der Waals surface area contributed by atoms with Crippen molar-refractivity contribution in [3.05, 3.63) is 78.0 Å². The van der Waals surface area contributed by atoms with Gasteiger partial charge in [-0.25, -0.2) is 25.4 Å². The maximum atomic E-state index is 13.0. The molecule has 2 rings (SSSR count). The molecule has 0 saturated heterocycles. The molecule has 5 amide bonds. The first-order valence-electron chi connectivity index (χ1n) is 10.3. The van der Waals surface area contributed by atoms with E-state index < -0.39 is 24.5 Å². The minimum atomic E-state index is -0.785. The third-order valence-electron chi connectivity index (χ3n) is 4.29. The summed E-state index contributed by atoms with van der Waals surface area (Å²) in [6.45, 7) is 3.16. The Labute approximate surface area is 192 Å². The SMILES string of the molecule is CCCNC(=O)N(N)/C=C(/NC(=O)N(CC(=O)c1ccccc1)NC(C)=O)c1ccccc1. The molecule has 10 heteroatoms. The minimum absolute atomic E-state index is 0.192. The molecule has 0 spiro atoms. The Balaban J connectivity index is 2.26. The predicted octanol–water partition coefficient (Wildman–Crippen LogP) is 2.23. The molecule has 0 heterocycles. The normalized spacial score (nSPS) is 10.7. The van der Waals surface area contributed by atoms with E-state index in [1.807, 2.05) is 6.92 Å². The van der Waals surface area contributed by atoms with Gasteiger partial charge in [0.1, 0.15) is 6.54 Å². The van der Waals surface area contributed by atoms with Crippen molar-refractivity contribution in [2.24, 2.45) is 5.84 Å². The summed E-state index contributed by atoms with van der Waals surface area (Å²) >= 11 is 0. The lowest BCUT2D eigenvalue weighted by atomic mass is 10.1. The van der Waals surface area contributed by atoms with E-state index in [2.05, 4.69) is 16.1 Å². The molecule has 5 N–H and O–H groups in total. The van der Waals surface area contributed by atoms with Gasteiger partial charge in [-0.1, -0.05) is 67.6 Å². The van der Waals surface area contributed by atoms with Crippen LogP contribution in [0, 0.1) is 0 Å². The van der Waals surface area contributed by atoms with Gasteiger partial charge in [-0.2, -0.15) is 0 Å². The van der Waals surface area contributed by atoms with Gasteiger partial charge in [-0.3, -0.25) is 15.0 Å². The lowest BCUT2D eigenvalue weighted by Crippen LogP contribution is -2.52. The van der Waals surface area contributed by atoms with E-state index in [9.17, 15) is 19.2 Å². The van der Waals surface area contributed by atoms with Crippen molar-refractivity contribution in [2.45, 2.75) is 20.3 Å². The van der Waals surface area contributed by atoms with Crippen LogP contribution in [0.2, 0.25) is 0 Å². The lowest BCUT2D eigenvalue weighted by Gasteiger charge is -2.24. The van der Waals surface area contributed by atoms with Gasteiger partial charge >= 0.3 is 12.1 Å². The topological polar surface area (TPSA) is 137 Å². The van der Waals surface area contributed by atoms with Crippen molar-refractivity contribution in [1.82, 2.24) is 26.1 Å². The summed E-state index contributed by atoms with van der Waals surface area (Å²) in [6.07, 6.45) is 1.98. The van der Waals surface area contributed by atoms with E-state index in [0.717, 1.165) is 16.4 Å². The van der Waals surface area contributed by atoms with Crippen molar-refractivity contribution < 1.29 is 19.2 Å². The number of nitrogens with two attached hydrogens (primary N) is 1. The molecular formula is C23H28N6O4. The van der Waals surface area contributed by atoms with E-state index >= 15 is 0 Å². The van der Waals surface area contributed by atoms with E-state index in [0.29, 0.717) is 17.7 Å². The summed E-state index contributed by atoms with van der Waals surface area (Å²) in [6, 6.07) is 15.8. The largest absolute Gasteiger partial charge is 0.341 e. The summed E-state index contributed by atoms with van der Waals surface area (Å²) in [7, 11) is 0. The van der Waals surface area contributed by atoms with Crippen LogP contribution >= 0.6 is 0 Å². The highest BCUT2D eigenvalue weighted by Gasteiger charge is 2.21.